The van der Waals surface area contributed by atoms with Crippen molar-refractivity contribution in [3.05, 3.63) is 66.1 Å². The summed E-state index contributed by atoms with van der Waals surface area (Å²) in [5.74, 6) is 1.84. The normalized spacial score (nSPS) is 19.5. The van der Waals surface area contributed by atoms with Gasteiger partial charge in [0.2, 0.25) is 11.8 Å². The molecule has 0 radical (unpaired) electrons. The van der Waals surface area contributed by atoms with Gasteiger partial charge in [0.15, 0.2) is 0 Å². The Morgan fingerprint density at radius 2 is 1.67 bits per heavy atom. The summed E-state index contributed by atoms with van der Waals surface area (Å²) in [4.78, 5) is 22.1. The number of hydrogen-bond donors (Lipinski definition) is 0. The lowest BCUT2D eigenvalue weighted by Gasteiger charge is -2.36. The third-order valence-electron chi connectivity index (χ3n) is 6.68. The first-order valence-electron chi connectivity index (χ1n) is 11.9. The van der Waals surface area contributed by atoms with Gasteiger partial charge in [-0.3, -0.25) is 9.69 Å². The zero-order chi connectivity index (χ0) is 22.6. The largest absolute Gasteiger partial charge is 0.441 e. The monoisotopic (exact) mass is 445 g/mol. The van der Waals surface area contributed by atoms with E-state index in [0.717, 1.165) is 42.9 Å². The fourth-order valence-electron chi connectivity index (χ4n) is 4.79. The molecule has 33 heavy (non-hydrogen) atoms. The summed E-state index contributed by atoms with van der Waals surface area (Å²) in [6.45, 7) is 7.18. The Kier molecular flexibility index (Phi) is 6.55. The second-order valence-corrected chi connectivity index (χ2v) is 8.98. The van der Waals surface area contributed by atoms with Gasteiger partial charge in [-0.2, -0.15) is 0 Å². The maximum atomic E-state index is 12.9. The fraction of sp³-hybridized carbons (Fsp3) is 0.407. The summed E-state index contributed by atoms with van der Waals surface area (Å²) in [7, 11) is 0. The van der Waals surface area contributed by atoms with Crippen molar-refractivity contribution in [2.75, 3.05) is 39.4 Å². The highest BCUT2D eigenvalue weighted by atomic mass is 16.5. The number of morpholine rings is 1. The number of likely N-dealkylation sites (tertiary alicyclic amines) is 1. The standard InChI is InChI=1S/C27H31N3O3/c1-20-25(19-29-13-5-8-24(18-29)27(31)30-14-16-32-17-15-30)28-26(33-20)23-11-9-22(10-12-23)21-6-3-2-4-7-21/h2-4,6-7,9-12,24H,5,8,13-19H2,1H3. The Balaban J connectivity index is 1.24. The highest BCUT2D eigenvalue weighted by Gasteiger charge is 2.30. The second-order valence-electron chi connectivity index (χ2n) is 8.98. The van der Waals surface area contributed by atoms with E-state index in [9.17, 15) is 4.79 Å². The van der Waals surface area contributed by atoms with Crippen molar-refractivity contribution in [3.8, 4) is 22.6 Å². The predicted octanol–water partition coefficient (Wildman–Crippen LogP) is 4.39. The van der Waals surface area contributed by atoms with Crippen molar-refractivity contribution in [3.63, 3.8) is 0 Å². The van der Waals surface area contributed by atoms with E-state index in [0.29, 0.717) is 38.7 Å². The number of carbonyl (C=O) groups excluding carboxylic acids is 1. The molecule has 0 saturated carbocycles. The quantitative estimate of drug-likeness (QED) is 0.583. The van der Waals surface area contributed by atoms with Crippen molar-refractivity contribution < 1.29 is 13.9 Å². The summed E-state index contributed by atoms with van der Waals surface area (Å²) in [5.41, 5.74) is 4.30. The Bertz CT molecular complexity index is 1070. The summed E-state index contributed by atoms with van der Waals surface area (Å²) < 4.78 is 11.4. The molecule has 172 valence electrons. The average molecular weight is 446 g/mol. The molecule has 1 atom stereocenters. The van der Waals surface area contributed by atoms with Gasteiger partial charge < -0.3 is 14.1 Å². The highest BCUT2D eigenvalue weighted by molar-refractivity contribution is 5.79. The van der Waals surface area contributed by atoms with Gasteiger partial charge in [-0.1, -0.05) is 42.5 Å². The van der Waals surface area contributed by atoms with Crippen molar-refractivity contribution in [1.29, 1.82) is 0 Å². The fourth-order valence-corrected chi connectivity index (χ4v) is 4.79. The van der Waals surface area contributed by atoms with Gasteiger partial charge in [0.05, 0.1) is 24.8 Å². The maximum absolute atomic E-state index is 12.9. The van der Waals surface area contributed by atoms with E-state index in [1.165, 1.54) is 11.1 Å². The van der Waals surface area contributed by atoms with Crippen LogP contribution in [0, 0.1) is 12.8 Å². The molecular formula is C27H31N3O3. The molecule has 3 aromatic rings. The van der Waals surface area contributed by atoms with Crippen LogP contribution in [0.25, 0.3) is 22.6 Å². The summed E-state index contributed by atoms with van der Waals surface area (Å²) in [6, 6.07) is 18.7. The molecule has 2 aromatic carbocycles. The number of hydrogen-bond acceptors (Lipinski definition) is 5. The molecular weight excluding hydrogens is 414 g/mol. The zero-order valence-corrected chi connectivity index (χ0v) is 19.2. The first kappa shape index (κ1) is 21.9. The zero-order valence-electron chi connectivity index (χ0n) is 19.2. The van der Waals surface area contributed by atoms with Gasteiger partial charge in [0.1, 0.15) is 5.76 Å². The molecule has 5 rings (SSSR count). The molecule has 0 spiro atoms. The lowest BCUT2D eigenvalue weighted by Crippen LogP contribution is -2.48. The second kappa shape index (κ2) is 9.89. The van der Waals surface area contributed by atoms with Crippen LogP contribution in [0.15, 0.2) is 59.0 Å². The van der Waals surface area contributed by atoms with Gasteiger partial charge in [-0.15, -0.1) is 0 Å². The lowest BCUT2D eigenvalue weighted by molar-refractivity contribution is -0.141. The van der Waals surface area contributed by atoms with Crippen LogP contribution < -0.4 is 0 Å². The summed E-state index contributed by atoms with van der Waals surface area (Å²) >= 11 is 0. The number of benzene rings is 2. The van der Waals surface area contributed by atoms with E-state index < -0.39 is 0 Å². The molecule has 2 saturated heterocycles. The Labute approximate surface area is 195 Å². The molecule has 1 unspecified atom stereocenters. The van der Waals surface area contributed by atoms with Gasteiger partial charge in [-0.25, -0.2) is 4.98 Å². The lowest BCUT2D eigenvalue weighted by atomic mass is 9.96. The van der Waals surface area contributed by atoms with Crippen LogP contribution in [0.3, 0.4) is 0 Å². The minimum absolute atomic E-state index is 0.0639. The molecule has 3 heterocycles. The Hall–Kier alpha value is -2.96. The minimum Gasteiger partial charge on any atom is -0.441 e. The number of ether oxygens (including phenoxy) is 1. The Morgan fingerprint density at radius 3 is 2.42 bits per heavy atom. The van der Waals surface area contributed by atoms with Gasteiger partial charge >= 0.3 is 0 Å². The number of carbonyl (C=O) groups is 1. The minimum atomic E-state index is 0.0639. The molecule has 1 amide bonds. The average Bonchev–Trinajstić information content (AvgIpc) is 3.25. The highest BCUT2D eigenvalue weighted by Crippen LogP contribution is 2.27. The van der Waals surface area contributed by atoms with Crippen LogP contribution in [0.4, 0.5) is 0 Å². The number of aromatic nitrogens is 1. The first-order chi connectivity index (χ1) is 16.2. The van der Waals surface area contributed by atoms with E-state index in [2.05, 4.69) is 41.3 Å². The molecule has 2 aliphatic heterocycles. The third-order valence-corrected chi connectivity index (χ3v) is 6.68. The number of piperidine rings is 1. The summed E-state index contributed by atoms with van der Waals surface area (Å²) in [5, 5.41) is 0. The van der Waals surface area contributed by atoms with E-state index in [-0.39, 0.29) is 11.8 Å². The van der Waals surface area contributed by atoms with Crippen LogP contribution in [-0.2, 0) is 16.1 Å². The van der Waals surface area contributed by atoms with Crippen molar-refractivity contribution in [2.24, 2.45) is 5.92 Å². The van der Waals surface area contributed by atoms with Crippen molar-refractivity contribution in [1.82, 2.24) is 14.8 Å². The third kappa shape index (κ3) is 5.02. The van der Waals surface area contributed by atoms with E-state index >= 15 is 0 Å². The predicted molar refractivity (Wildman–Crippen MR) is 128 cm³/mol. The molecule has 0 bridgehead atoms. The Morgan fingerprint density at radius 1 is 0.970 bits per heavy atom. The van der Waals surface area contributed by atoms with Crippen molar-refractivity contribution in [2.45, 2.75) is 26.3 Å². The number of nitrogens with zero attached hydrogens (tertiary/aromatic N) is 3. The van der Waals surface area contributed by atoms with E-state index in [1.54, 1.807) is 0 Å². The number of aryl methyl sites for hydroxylation is 1. The van der Waals surface area contributed by atoms with Crippen molar-refractivity contribution >= 4 is 5.91 Å². The van der Waals surface area contributed by atoms with E-state index in [4.69, 9.17) is 14.1 Å². The van der Waals surface area contributed by atoms with Gasteiger partial charge in [0, 0.05) is 31.7 Å². The van der Waals surface area contributed by atoms with Gasteiger partial charge in [0.25, 0.3) is 0 Å². The van der Waals surface area contributed by atoms with Crippen LogP contribution in [0.5, 0.6) is 0 Å². The van der Waals surface area contributed by atoms with Crippen LogP contribution >= 0.6 is 0 Å². The number of rotatable bonds is 5. The molecule has 0 aliphatic carbocycles. The molecule has 2 aliphatic rings. The molecule has 0 N–H and O–H groups in total. The van der Waals surface area contributed by atoms with Crippen LogP contribution in [0.2, 0.25) is 0 Å². The SMILES string of the molecule is Cc1oc(-c2ccc(-c3ccccc3)cc2)nc1CN1CCCC(C(=O)N2CCOCC2)C1. The van der Waals surface area contributed by atoms with E-state index in [1.807, 2.05) is 30.0 Å². The van der Waals surface area contributed by atoms with Gasteiger partial charge in [-0.05, 0) is 49.6 Å². The molecule has 2 fully saturated rings. The number of amides is 1. The topological polar surface area (TPSA) is 58.8 Å². The van der Waals surface area contributed by atoms with Crippen LogP contribution in [-0.4, -0.2) is 60.1 Å². The molecule has 1 aromatic heterocycles. The first-order valence-corrected chi connectivity index (χ1v) is 11.9. The molecule has 6 nitrogen and oxygen atoms in total. The maximum Gasteiger partial charge on any atom is 0.227 e. The number of oxazole rings is 1. The molecule has 6 heteroatoms. The summed E-state index contributed by atoms with van der Waals surface area (Å²) in [6.07, 6.45) is 1.99. The smallest absolute Gasteiger partial charge is 0.227 e. The van der Waals surface area contributed by atoms with Crippen LogP contribution in [0.1, 0.15) is 24.3 Å².